The van der Waals surface area contributed by atoms with Crippen molar-refractivity contribution >= 4 is 16.8 Å². The maximum Gasteiger partial charge on any atom is 0.278 e. The lowest BCUT2D eigenvalue weighted by Gasteiger charge is -2.22. The van der Waals surface area contributed by atoms with E-state index in [0.717, 1.165) is 19.5 Å². The standard InChI is InChI=1S/C16H20N4O2/c1-2-9-19(10-12-7-8-12)15(21)11-20-16(22)13-5-3-4-6-14(13)17-18-20/h3-6,12H,2,7-11H2,1H3. The van der Waals surface area contributed by atoms with Gasteiger partial charge in [-0.1, -0.05) is 24.3 Å². The number of hydrogen-bond donors (Lipinski definition) is 0. The van der Waals surface area contributed by atoms with Crippen LogP contribution in [0.5, 0.6) is 0 Å². The Kier molecular flexibility index (Phi) is 4.18. The number of carbonyl (C=O) groups excluding carboxylic acids is 1. The molecule has 1 aliphatic rings. The molecule has 2 aromatic rings. The van der Waals surface area contributed by atoms with Crippen LogP contribution in [0.4, 0.5) is 0 Å². The predicted molar refractivity (Wildman–Crippen MR) is 83.4 cm³/mol. The summed E-state index contributed by atoms with van der Waals surface area (Å²) in [4.78, 5) is 26.7. The molecule has 116 valence electrons. The first-order valence-electron chi connectivity index (χ1n) is 7.79. The number of benzene rings is 1. The lowest BCUT2D eigenvalue weighted by Crippen LogP contribution is -2.39. The van der Waals surface area contributed by atoms with E-state index in [9.17, 15) is 9.59 Å². The zero-order valence-electron chi connectivity index (χ0n) is 12.7. The van der Waals surface area contributed by atoms with Crippen LogP contribution in [0.2, 0.25) is 0 Å². The van der Waals surface area contributed by atoms with E-state index >= 15 is 0 Å². The van der Waals surface area contributed by atoms with Crippen LogP contribution in [0.1, 0.15) is 26.2 Å². The molecular weight excluding hydrogens is 280 g/mol. The minimum absolute atomic E-state index is 0.0383. The number of nitrogens with zero attached hydrogens (tertiary/aromatic N) is 4. The normalized spacial score (nSPS) is 14.2. The molecule has 0 aliphatic heterocycles. The largest absolute Gasteiger partial charge is 0.341 e. The Balaban J connectivity index is 1.80. The molecule has 1 amide bonds. The van der Waals surface area contributed by atoms with Crippen LogP contribution in [0, 0.1) is 5.92 Å². The van der Waals surface area contributed by atoms with Crippen molar-refractivity contribution in [2.75, 3.05) is 13.1 Å². The number of hydrogen-bond acceptors (Lipinski definition) is 4. The molecule has 6 nitrogen and oxygen atoms in total. The van der Waals surface area contributed by atoms with Gasteiger partial charge in [0.1, 0.15) is 12.1 Å². The third kappa shape index (κ3) is 3.16. The molecule has 0 saturated heterocycles. The van der Waals surface area contributed by atoms with Gasteiger partial charge in [-0.3, -0.25) is 9.59 Å². The molecule has 0 N–H and O–H groups in total. The average Bonchev–Trinajstić information content (AvgIpc) is 3.34. The summed E-state index contributed by atoms with van der Waals surface area (Å²) in [6, 6.07) is 7.05. The van der Waals surface area contributed by atoms with Crippen molar-refractivity contribution in [1.82, 2.24) is 19.9 Å². The van der Waals surface area contributed by atoms with Gasteiger partial charge in [0, 0.05) is 13.1 Å². The molecule has 1 aromatic carbocycles. The molecule has 1 fully saturated rings. The van der Waals surface area contributed by atoms with E-state index in [1.807, 2.05) is 11.0 Å². The highest BCUT2D eigenvalue weighted by atomic mass is 16.2. The average molecular weight is 300 g/mol. The topological polar surface area (TPSA) is 68.1 Å². The van der Waals surface area contributed by atoms with Crippen molar-refractivity contribution in [1.29, 1.82) is 0 Å². The Morgan fingerprint density at radius 1 is 1.36 bits per heavy atom. The van der Waals surface area contributed by atoms with Crippen molar-refractivity contribution in [2.45, 2.75) is 32.7 Å². The Labute approximate surface area is 128 Å². The minimum Gasteiger partial charge on any atom is -0.341 e. The summed E-state index contributed by atoms with van der Waals surface area (Å²) in [7, 11) is 0. The van der Waals surface area contributed by atoms with Gasteiger partial charge in [-0.2, -0.15) is 0 Å². The molecule has 0 spiro atoms. The highest BCUT2D eigenvalue weighted by Gasteiger charge is 2.26. The van der Waals surface area contributed by atoms with Gasteiger partial charge < -0.3 is 4.90 Å². The monoisotopic (exact) mass is 300 g/mol. The second kappa shape index (κ2) is 6.25. The summed E-state index contributed by atoms with van der Waals surface area (Å²) in [5.74, 6) is 0.579. The fraction of sp³-hybridized carbons (Fsp3) is 0.500. The highest BCUT2D eigenvalue weighted by Crippen LogP contribution is 2.29. The molecule has 0 atom stereocenters. The smallest absolute Gasteiger partial charge is 0.278 e. The van der Waals surface area contributed by atoms with Crippen molar-refractivity contribution in [2.24, 2.45) is 5.92 Å². The van der Waals surface area contributed by atoms with E-state index in [-0.39, 0.29) is 18.0 Å². The molecular formula is C16H20N4O2. The fourth-order valence-electron chi connectivity index (χ4n) is 2.55. The van der Waals surface area contributed by atoms with Gasteiger partial charge in [0.2, 0.25) is 5.91 Å². The predicted octanol–water partition coefficient (Wildman–Crippen LogP) is 1.44. The van der Waals surface area contributed by atoms with E-state index in [1.165, 1.54) is 17.5 Å². The number of carbonyl (C=O) groups is 1. The van der Waals surface area contributed by atoms with Crippen molar-refractivity contribution in [3.05, 3.63) is 34.6 Å². The summed E-state index contributed by atoms with van der Waals surface area (Å²) in [6.45, 7) is 3.53. The van der Waals surface area contributed by atoms with Gasteiger partial charge in [0.15, 0.2) is 0 Å². The fourth-order valence-corrected chi connectivity index (χ4v) is 2.55. The highest BCUT2D eigenvalue weighted by molar-refractivity contribution is 5.78. The maximum atomic E-state index is 12.5. The zero-order valence-corrected chi connectivity index (χ0v) is 12.7. The van der Waals surface area contributed by atoms with Crippen LogP contribution in [0.25, 0.3) is 10.9 Å². The summed E-state index contributed by atoms with van der Waals surface area (Å²) < 4.78 is 1.17. The molecule has 0 radical (unpaired) electrons. The molecule has 1 aromatic heterocycles. The van der Waals surface area contributed by atoms with E-state index in [1.54, 1.807) is 18.2 Å². The van der Waals surface area contributed by atoms with Gasteiger partial charge in [-0.05, 0) is 37.3 Å². The van der Waals surface area contributed by atoms with Crippen LogP contribution in [-0.2, 0) is 11.3 Å². The second-order valence-electron chi connectivity index (χ2n) is 5.85. The molecule has 1 aliphatic carbocycles. The van der Waals surface area contributed by atoms with E-state index in [0.29, 0.717) is 16.8 Å². The molecule has 22 heavy (non-hydrogen) atoms. The lowest BCUT2D eigenvalue weighted by atomic mass is 10.2. The van der Waals surface area contributed by atoms with E-state index < -0.39 is 0 Å². The molecule has 6 heteroatoms. The van der Waals surface area contributed by atoms with Crippen LogP contribution in [-0.4, -0.2) is 38.9 Å². The molecule has 1 heterocycles. The number of rotatable bonds is 6. The first kappa shape index (κ1) is 14.7. The third-order valence-electron chi connectivity index (χ3n) is 3.94. The van der Waals surface area contributed by atoms with E-state index in [4.69, 9.17) is 0 Å². The quantitative estimate of drug-likeness (QED) is 0.809. The Hall–Kier alpha value is -2.24. The first-order valence-corrected chi connectivity index (χ1v) is 7.79. The van der Waals surface area contributed by atoms with Gasteiger partial charge in [-0.25, -0.2) is 4.68 Å². The number of fused-ring (bicyclic) bond motifs is 1. The Bertz CT molecular complexity index is 736. The van der Waals surface area contributed by atoms with Gasteiger partial charge in [0.05, 0.1) is 5.39 Å². The van der Waals surface area contributed by atoms with E-state index in [2.05, 4.69) is 17.2 Å². The van der Waals surface area contributed by atoms with Crippen LogP contribution in [0.3, 0.4) is 0 Å². The Morgan fingerprint density at radius 3 is 2.86 bits per heavy atom. The summed E-state index contributed by atoms with van der Waals surface area (Å²) in [5.41, 5.74) is 0.293. The summed E-state index contributed by atoms with van der Waals surface area (Å²) in [6.07, 6.45) is 3.31. The molecule has 1 saturated carbocycles. The van der Waals surface area contributed by atoms with Crippen molar-refractivity contribution in [3.8, 4) is 0 Å². The van der Waals surface area contributed by atoms with Gasteiger partial charge in [0.25, 0.3) is 5.56 Å². The van der Waals surface area contributed by atoms with Crippen molar-refractivity contribution in [3.63, 3.8) is 0 Å². The zero-order chi connectivity index (χ0) is 15.5. The van der Waals surface area contributed by atoms with Crippen LogP contribution >= 0.6 is 0 Å². The molecule has 0 bridgehead atoms. The lowest BCUT2D eigenvalue weighted by molar-refractivity contribution is -0.132. The summed E-state index contributed by atoms with van der Waals surface area (Å²) in [5, 5.41) is 8.40. The minimum atomic E-state index is -0.262. The molecule has 0 unspecified atom stereocenters. The third-order valence-corrected chi connectivity index (χ3v) is 3.94. The Morgan fingerprint density at radius 2 is 2.14 bits per heavy atom. The second-order valence-corrected chi connectivity index (χ2v) is 5.85. The molecule has 3 rings (SSSR count). The van der Waals surface area contributed by atoms with Gasteiger partial charge >= 0.3 is 0 Å². The van der Waals surface area contributed by atoms with Crippen LogP contribution in [0.15, 0.2) is 29.1 Å². The maximum absolute atomic E-state index is 12.5. The van der Waals surface area contributed by atoms with Gasteiger partial charge in [-0.15, -0.1) is 5.10 Å². The SMILES string of the molecule is CCCN(CC1CC1)C(=O)Cn1nnc2ccccc2c1=O. The van der Waals surface area contributed by atoms with Crippen LogP contribution < -0.4 is 5.56 Å². The number of amides is 1. The summed E-state index contributed by atoms with van der Waals surface area (Å²) >= 11 is 0. The first-order chi connectivity index (χ1) is 10.7. The van der Waals surface area contributed by atoms with Crippen molar-refractivity contribution < 1.29 is 4.79 Å². The number of aromatic nitrogens is 3.